The number of carbonyl (C=O) groups is 2. The molecule has 0 bridgehead atoms. The number of rotatable bonds is 5. The topological polar surface area (TPSA) is 71.2 Å². The molecule has 1 aromatic carbocycles. The molecule has 1 aliphatic carbocycles. The van der Waals surface area contributed by atoms with Crippen molar-refractivity contribution < 1.29 is 14.3 Å². The number of H-pyrrole nitrogens is 1. The van der Waals surface area contributed by atoms with E-state index in [1.807, 2.05) is 30.5 Å². The van der Waals surface area contributed by atoms with Crippen molar-refractivity contribution in [2.75, 3.05) is 6.61 Å². The molecule has 0 spiro atoms. The van der Waals surface area contributed by atoms with Crippen LogP contribution < -0.4 is 5.32 Å². The maximum atomic E-state index is 12.0. The van der Waals surface area contributed by atoms with Gasteiger partial charge >= 0.3 is 5.97 Å². The number of nitrogens with one attached hydrogen (secondary N) is 2. The molecule has 128 valence electrons. The third kappa shape index (κ3) is 4.37. The number of carbonyl (C=O) groups excluding carboxylic acids is 2. The summed E-state index contributed by atoms with van der Waals surface area (Å²) in [5.74, 6) is -0.579. The zero-order valence-corrected chi connectivity index (χ0v) is 13.8. The first-order chi connectivity index (χ1) is 11.7. The maximum absolute atomic E-state index is 12.0. The summed E-state index contributed by atoms with van der Waals surface area (Å²) in [5.41, 5.74) is 1.88. The number of esters is 1. The zero-order valence-electron chi connectivity index (χ0n) is 13.8. The van der Waals surface area contributed by atoms with Crippen LogP contribution in [0.25, 0.3) is 10.9 Å². The van der Waals surface area contributed by atoms with Gasteiger partial charge < -0.3 is 15.0 Å². The number of amides is 1. The van der Waals surface area contributed by atoms with Crippen LogP contribution in [0.1, 0.15) is 44.1 Å². The number of ether oxygens (including phenoxy) is 1. The number of para-hydroxylation sites is 1. The Morgan fingerprint density at radius 1 is 1.12 bits per heavy atom. The summed E-state index contributed by atoms with van der Waals surface area (Å²) in [5, 5.41) is 3.99. The molecule has 0 unspecified atom stereocenters. The van der Waals surface area contributed by atoms with Gasteiger partial charge in [0.15, 0.2) is 6.61 Å². The Hall–Kier alpha value is -2.30. The van der Waals surface area contributed by atoms with Crippen molar-refractivity contribution in [3.05, 3.63) is 36.0 Å². The van der Waals surface area contributed by atoms with E-state index >= 15 is 0 Å². The summed E-state index contributed by atoms with van der Waals surface area (Å²) in [6.45, 7) is -0.197. The minimum absolute atomic E-state index is 0.167. The Balaban J connectivity index is 1.45. The van der Waals surface area contributed by atoms with Crippen LogP contribution in [0.15, 0.2) is 30.5 Å². The number of benzene rings is 1. The number of aromatic amines is 1. The van der Waals surface area contributed by atoms with E-state index in [1.165, 1.54) is 12.8 Å². The van der Waals surface area contributed by atoms with E-state index in [4.69, 9.17) is 4.74 Å². The fourth-order valence-corrected chi connectivity index (χ4v) is 3.32. The summed E-state index contributed by atoms with van der Waals surface area (Å²) in [6, 6.07) is 8.04. The van der Waals surface area contributed by atoms with Crippen molar-refractivity contribution in [3.8, 4) is 0 Å². The molecule has 3 rings (SSSR count). The quantitative estimate of drug-likeness (QED) is 0.654. The van der Waals surface area contributed by atoms with Crippen LogP contribution in [-0.2, 0) is 20.7 Å². The van der Waals surface area contributed by atoms with Gasteiger partial charge in [0, 0.05) is 23.1 Å². The van der Waals surface area contributed by atoms with Crippen molar-refractivity contribution in [2.45, 2.75) is 51.0 Å². The first-order valence-corrected chi connectivity index (χ1v) is 8.72. The van der Waals surface area contributed by atoms with E-state index in [-0.39, 0.29) is 30.9 Å². The van der Waals surface area contributed by atoms with E-state index in [0.29, 0.717) is 0 Å². The van der Waals surface area contributed by atoms with Crippen LogP contribution in [-0.4, -0.2) is 29.5 Å². The molecule has 1 aliphatic rings. The average molecular weight is 328 g/mol. The van der Waals surface area contributed by atoms with E-state index in [0.717, 1.165) is 42.1 Å². The number of aromatic nitrogens is 1. The summed E-state index contributed by atoms with van der Waals surface area (Å²) >= 11 is 0. The van der Waals surface area contributed by atoms with Crippen LogP contribution >= 0.6 is 0 Å². The lowest BCUT2D eigenvalue weighted by Crippen LogP contribution is -2.37. The highest BCUT2D eigenvalue weighted by Crippen LogP contribution is 2.19. The molecule has 2 N–H and O–H groups in total. The average Bonchev–Trinajstić information content (AvgIpc) is 2.81. The molecule has 1 saturated carbocycles. The van der Waals surface area contributed by atoms with Crippen molar-refractivity contribution in [2.24, 2.45) is 0 Å². The van der Waals surface area contributed by atoms with Crippen LogP contribution in [0.3, 0.4) is 0 Å². The van der Waals surface area contributed by atoms with Gasteiger partial charge in [-0.25, -0.2) is 0 Å². The Morgan fingerprint density at radius 2 is 1.88 bits per heavy atom. The summed E-state index contributed by atoms with van der Waals surface area (Å²) in [4.78, 5) is 27.1. The van der Waals surface area contributed by atoms with Gasteiger partial charge in [-0.2, -0.15) is 0 Å². The standard InChI is InChI=1S/C19H24N2O3/c22-18(21-15-7-3-1-2-4-8-15)13-24-19(23)11-14-12-20-17-10-6-5-9-16(14)17/h5-6,9-10,12,15,20H,1-4,7-8,11,13H2,(H,21,22). The van der Waals surface area contributed by atoms with Gasteiger partial charge in [-0.15, -0.1) is 0 Å². The van der Waals surface area contributed by atoms with E-state index in [2.05, 4.69) is 10.3 Å². The molecule has 0 atom stereocenters. The van der Waals surface area contributed by atoms with Gasteiger partial charge in [-0.3, -0.25) is 9.59 Å². The molecular formula is C19H24N2O3. The van der Waals surface area contributed by atoms with E-state index < -0.39 is 0 Å². The fourth-order valence-electron chi connectivity index (χ4n) is 3.32. The monoisotopic (exact) mass is 328 g/mol. The molecule has 1 aromatic heterocycles. The number of hydrogen-bond donors (Lipinski definition) is 2. The second-order valence-electron chi connectivity index (χ2n) is 6.45. The van der Waals surface area contributed by atoms with Gasteiger partial charge in [0.05, 0.1) is 6.42 Å². The highest BCUT2D eigenvalue weighted by molar-refractivity contribution is 5.88. The first kappa shape index (κ1) is 16.6. The number of hydrogen-bond acceptors (Lipinski definition) is 3. The fraction of sp³-hybridized carbons (Fsp3) is 0.474. The Bertz CT molecular complexity index is 699. The molecule has 5 nitrogen and oxygen atoms in total. The lowest BCUT2D eigenvalue weighted by molar-refractivity contribution is -0.148. The van der Waals surface area contributed by atoms with Crippen molar-refractivity contribution >= 4 is 22.8 Å². The molecule has 0 saturated heterocycles. The molecule has 1 heterocycles. The van der Waals surface area contributed by atoms with Gasteiger partial charge in [-0.05, 0) is 24.5 Å². The van der Waals surface area contributed by atoms with E-state index in [1.54, 1.807) is 0 Å². The lowest BCUT2D eigenvalue weighted by atomic mass is 10.1. The third-order valence-electron chi connectivity index (χ3n) is 4.59. The van der Waals surface area contributed by atoms with Gasteiger partial charge in [-0.1, -0.05) is 43.9 Å². The minimum atomic E-state index is -0.379. The molecular weight excluding hydrogens is 304 g/mol. The second-order valence-corrected chi connectivity index (χ2v) is 6.45. The van der Waals surface area contributed by atoms with Crippen LogP contribution in [0, 0.1) is 0 Å². The molecule has 5 heteroatoms. The number of fused-ring (bicyclic) bond motifs is 1. The van der Waals surface area contributed by atoms with Crippen LogP contribution in [0.4, 0.5) is 0 Å². The van der Waals surface area contributed by atoms with Crippen LogP contribution in [0.2, 0.25) is 0 Å². The molecule has 0 radical (unpaired) electrons. The van der Waals surface area contributed by atoms with Crippen molar-refractivity contribution in [3.63, 3.8) is 0 Å². The first-order valence-electron chi connectivity index (χ1n) is 8.72. The van der Waals surface area contributed by atoms with Gasteiger partial charge in [0.2, 0.25) is 0 Å². The van der Waals surface area contributed by atoms with Crippen molar-refractivity contribution in [1.82, 2.24) is 10.3 Å². The summed E-state index contributed by atoms with van der Waals surface area (Å²) in [6.07, 6.45) is 8.83. The highest BCUT2D eigenvalue weighted by atomic mass is 16.5. The zero-order chi connectivity index (χ0) is 16.8. The second kappa shape index (κ2) is 7.99. The Labute approximate surface area is 141 Å². The Morgan fingerprint density at radius 3 is 2.67 bits per heavy atom. The normalized spacial score (nSPS) is 15.8. The predicted molar refractivity (Wildman–Crippen MR) is 92.6 cm³/mol. The van der Waals surface area contributed by atoms with Crippen molar-refractivity contribution in [1.29, 1.82) is 0 Å². The minimum Gasteiger partial charge on any atom is -0.455 e. The lowest BCUT2D eigenvalue weighted by Gasteiger charge is -2.16. The smallest absolute Gasteiger partial charge is 0.310 e. The highest BCUT2D eigenvalue weighted by Gasteiger charge is 2.16. The molecule has 0 aliphatic heterocycles. The van der Waals surface area contributed by atoms with Crippen LogP contribution in [0.5, 0.6) is 0 Å². The van der Waals surface area contributed by atoms with Gasteiger partial charge in [0.25, 0.3) is 5.91 Å². The predicted octanol–water partition coefficient (Wildman–Crippen LogP) is 3.09. The molecule has 24 heavy (non-hydrogen) atoms. The van der Waals surface area contributed by atoms with Gasteiger partial charge in [0.1, 0.15) is 0 Å². The largest absolute Gasteiger partial charge is 0.455 e. The summed E-state index contributed by atoms with van der Waals surface area (Å²) in [7, 11) is 0. The molecule has 1 fully saturated rings. The SMILES string of the molecule is O=C(COC(=O)Cc1c[nH]c2ccccc12)NC1CCCCCC1. The maximum Gasteiger partial charge on any atom is 0.310 e. The van der Waals surface area contributed by atoms with E-state index in [9.17, 15) is 9.59 Å². The summed E-state index contributed by atoms with van der Waals surface area (Å²) < 4.78 is 5.13. The Kier molecular flexibility index (Phi) is 5.51. The molecule has 1 amide bonds. The third-order valence-corrected chi connectivity index (χ3v) is 4.59. The molecule has 2 aromatic rings.